The largest absolute Gasteiger partial charge is 0.396 e. The number of aliphatic hydroxyl groups is 1. The fourth-order valence-corrected chi connectivity index (χ4v) is 2.90. The standard InChI is InChI=1S/C18H28FN3O2.HI/c1-3-20-17(21-11-15-4-5-16(19)14(2)10-15)22-12-18(6-8-23)7-9-24-13-18;/h4-5,10,23H,3,6-9,11-13H2,1-2H3,(H2,20,21,22);1H. The van der Waals surface area contributed by atoms with Gasteiger partial charge in [0.15, 0.2) is 5.96 Å². The smallest absolute Gasteiger partial charge is 0.191 e. The van der Waals surface area contributed by atoms with Crippen LogP contribution in [0.1, 0.15) is 30.9 Å². The molecule has 1 aliphatic heterocycles. The molecule has 5 nitrogen and oxygen atoms in total. The van der Waals surface area contributed by atoms with Crippen LogP contribution < -0.4 is 10.6 Å². The summed E-state index contributed by atoms with van der Waals surface area (Å²) >= 11 is 0. The number of nitrogens with one attached hydrogen (secondary N) is 2. The zero-order chi connectivity index (χ0) is 17.4. The lowest BCUT2D eigenvalue weighted by Crippen LogP contribution is -2.44. The van der Waals surface area contributed by atoms with Gasteiger partial charge in [0.05, 0.1) is 13.2 Å². The van der Waals surface area contributed by atoms with E-state index in [1.807, 2.05) is 13.0 Å². The van der Waals surface area contributed by atoms with Gasteiger partial charge in [-0.2, -0.15) is 0 Å². The molecule has 0 bridgehead atoms. The van der Waals surface area contributed by atoms with Gasteiger partial charge in [-0.05, 0) is 43.9 Å². The molecule has 0 saturated carbocycles. The van der Waals surface area contributed by atoms with Gasteiger partial charge in [0.1, 0.15) is 5.82 Å². The van der Waals surface area contributed by atoms with Crippen molar-refractivity contribution in [2.75, 3.05) is 32.9 Å². The molecule has 7 heteroatoms. The van der Waals surface area contributed by atoms with Crippen LogP contribution in [0.15, 0.2) is 23.2 Å². The first kappa shape index (κ1) is 22.1. The van der Waals surface area contributed by atoms with Gasteiger partial charge in [-0.3, -0.25) is 0 Å². The lowest BCUT2D eigenvalue weighted by atomic mass is 9.84. The predicted molar refractivity (Wildman–Crippen MR) is 109 cm³/mol. The normalized spacial score (nSPS) is 20.2. The van der Waals surface area contributed by atoms with Crippen LogP contribution in [0.2, 0.25) is 0 Å². The molecule has 3 N–H and O–H groups in total. The number of ether oxygens (including phenoxy) is 1. The lowest BCUT2D eigenvalue weighted by molar-refractivity contribution is 0.127. The third kappa shape index (κ3) is 6.71. The molecule has 25 heavy (non-hydrogen) atoms. The van der Waals surface area contributed by atoms with Gasteiger partial charge in [-0.15, -0.1) is 24.0 Å². The molecule has 1 aromatic carbocycles. The summed E-state index contributed by atoms with van der Waals surface area (Å²) in [5, 5.41) is 15.9. The number of aryl methyl sites for hydroxylation is 1. The van der Waals surface area contributed by atoms with Crippen LogP contribution in [-0.4, -0.2) is 44.0 Å². The van der Waals surface area contributed by atoms with Gasteiger partial charge in [-0.1, -0.05) is 12.1 Å². The Kier molecular flexibility index (Phi) is 9.66. The first-order valence-electron chi connectivity index (χ1n) is 8.54. The highest BCUT2D eigenvalue weighted by atomic mass is 127. The number of aliphatic hydroxyl groups excluding tert-OH is 1. The predicted octanol–water partition coefficient (Wildman–Crippen LogP) is 2.60. The summed E-state index contributed by atoms with van der Waals surface area (Å²) in [6.07, 6.45) is 1.66. The maximum atomic E-state index is 13.3. The van der Waals surface area contributed by atoms with Gasteiger partial charge >= 0.3 is 0 Å². The van der Waals surface area contributed by atoms with Crippen LogP contribution in [-0.2, 0) is 11.3 Å². The Morgan fingerprint density at radius 1 is 1.40 bits per heavy atom. The fourth-order valence-electron chi connectivity index (χ4n) is 2.90. The maximum absolute atomic E-state index is 13.3. The molecular weight excluding hydrogens is 436 g/mol. The van der Waals surface area contributed by atoms with E-state index in [0.717, 1.165) is 37.5 Å². The first-order chi connectivity index (χ1) is 11.6. The average Bonchev–Trinajstić information content (AvgIpc) is 3.02. The van der Waals surface area contributed by atoms with Crippen LogP contribution in [0.25, 0.3) is 0 Å². The summed E-state index contributed by atoms with van der Waals surface area (Å²) in [6, 6.07) is 5.06. The molecule has 0 spiro atoms. The van der Waals surface area contributed by atoms with Gasteiger partial charge in [-0.25, -0.2) is 9.38 Å². The number of halogens is 2. The maximum Gasteiger partial charge on any atom is 0.191 e. The Hall–Kier alpha value is -0.930. The average molecular weight is 465 g/mol. The van der Waals surface area contributed by atoms with E-state index in [9.17, 15) is 9.50 Å². The Balaban J connectivity index is 0.00000312. The number of benzene rings is 1. The number of aliphatic imine (C=N–C) groups is 1. The summed E-state index contributed by atoms with van der Waals surface area (Å²) in [6.45, 7) is 7.29. The minimum atomic E-state index is -0.195. The molecule has 0 aliphatic carbocycles. The van der Waals surface area contributed by atoms with Gasteiger partial charge in [0, 0.05) is 31.7 Å². The second-order valence-electron chi connectivity index (χ2n) is 6.41. The zero-order valence-electron chi connectivity index (χ0n) is 15.0. The fraction of sp³-hybridized carbons (Fsp3) is 0.611. The highest BCUT2D eigenvalue weighted by Gasteiger charge is 2.34. The van der Waals surface area contributed by atoms with E-state index in [4.69, 9.17) is 4.74 Å². The topological polar surface area (TPSA) is 65.9 Å². The van der Waals surface area contributed by atoms with Crippen molar-refractivity contribution in [3.05, 3.63) is 35.1 Å². The highest BCUT2D eigenvalue weighted by Crippen LogP contribution is 2.31. The van der Waals surface area contributed by atoms with E-state index in [0.29, 0.717) is 25.3 Å². The second kappa shape index (κ2) is 10.9. The number of rotatable bonds is 7. The Bertz CT molecular complexity index is 563. The van der Waals surface area contributed by atoms with Crippen molar-refractivity contribution in [3.63, 3.8) is 0 Å². The third-order valence-corrected chi connectivity index (χ3v) is 4.44. The first-order valence-corrected chi connectivity index (χ1v) is 8.54. The Labute approximate surface area is 166 Å². The van der Waals surface area contributed by atoms with E-state index in [1.165, 1.54) is 6.07 Å². The lowest BCUT2D eigenvalue weighted by Gasteiger charge is -2.27. The molecule has 0 aromatic heterocycles. The van der Waals surface area contributed by atoms with Crippen LogP contribution >= 0.6 is 24.0 Å². The van der Waals surface area contributed by atoms with Gasteiger partial charge in [0.25, 0.3) is 0 Å². The number of nitrogens with zero attached hydrogens (tertiary/aromatic N) is 1. The van der Waals surface area contributed by atoms with Crippen molar-refractivity contribution in [1.82, 2.24) is 10.6 Å². The molecule has 1 atom stereocenters. The minimum Gasteiger partial charge on any atom is -0.396 e. The van der Waals surface area contributed by atoms with Gasteiger partial charge in [0.2, 0.25) is 0 Å². The summed E-state index contributed by atoms with van der Waals surface area (Å²) in [7, 11) is 0. The van der Waals surface area contributed by atoms with E-state index in [2.05, 4.69) is 15.6 Å². The quantitative estimate of drug-likeness (QED) is 0.329. The molecule has 1 unspecified atom stereocenters. The minimum absolute atomic E-state index is 0. The number of hydrogen-bond donors (Lipinski definition) is 3. The third-order valence-electron chi connectivity index (χ3n) is 4.44. The van der Waals surface area contributed by atoms with Crippen molar-refractivity contribution < 1.29 is 14.2 Å². The highest BCUT2D eigenvalue weighted by molar-refractivity contribution is 14.0. The Morgan fingerprint density at radius 2 is 2.20 bits per heavy atom. The molecule has 1 aromatic rings. The van der Waals surface area contributed by atoms with Crippen molar-refractivity contribution in [2.45, 2.75) is 33.2 Å². The zero-order valence-corrected chi connectivity index (χ0v) is 17.3. The Morgan fingerprint density at radius 3 is 2.80 bits per heavy atom. The van der Waals surface area contributed by atoms with Crippen molar-refractivity contribution in [2.24, 2.45) is 10.4 Å². The van der Waals surface area contributed by atoms with E-state index in [-0.39, 0.29) is 41.8 Å². The van der Waals surface area contributed by atoms with Gasteiger partial charge < -0.3 is 20.5 Å². The summed E-state index contributed by atoms with van der Waals surface area (Å²) in [5.41, 5.74) is 1.57. The monoisotopic (exact) mass is 465 g/mol. The van der Waals surface area contributed by atoms with Crippen molar-refractivity contribution in [1.29, 1.82) is 0 Å². The molecule has 1 saturated heterocycles. The van der Waals surface area contributed by atoms with E-state index >= 15 is 0 Å². The van der Waals surface area contributed by atoms with E-state index in [1.54, 1.807) is 13.0 Å². The molecule has 2 rings (SSSR count). The molecule has 1 aliphatic rings. The molecule has 142 valence electrons. The van der Waals surface area contributed by atoms with Crippen molar-refractivity contribution >= 4 is 29.9 Å². The molecule has 1 heterocycles. The summed E-state index contributed by atoms with van der Waals surface area (Å²) in [4.78, 5) is 4.58. The van der Waals surface area contributed by atoms with Crippen LogP contribution in [0.4, 0.5) is 4.39 Å². The summed E-state index contributed by atoms with van der Waals surface area (Å²) in [5.74, 6) is 0.531. The van der Waals surface area contributed by atoms with Crippen LogP contribution in [0.5, 0.6) is 0 Å². The van der Waals surface area contributed by atoms with E-state index < -0.39 is 0 Å². The molecule has 0 radical (unpaired) electrons. The summed E-state index contributed by atoms with van der Waals surface area (Å²) < 4.78 is 18.8. The molecular formula is C18H29FIN3O2. The molecule has 0 amide bonds. The second-order valence-corrected chi connectivity index (χ2v) is 6.41. The van der Waals surface area contributed by atoms with Crippen LogP contribution in [0, 0.1) is 18.2 Å². The van der Waals surface area contributed by atoms with Crippen molar-refractivity contribution in [3.8, 4) is 0 Å². The number of hydrogen-bond acceptors (Lipinski definition) is 3. The molecule has 1 fully saturated rings. The van der Waals surface area contributed by atoms with Crippen LogP contribution in [0.3, 0.4) is 0 Å². The number of guanidine groups is 1. The SMILES string of the molecule is CCNC(=NCc1ccc(F)c(C)c1)NCC1(CCO)CCOC1.I.